The molecule has 0 aromatic heterocycles. The van der Waals surface area contributed by atoms with E-state index in [2.05, 4.69) is 5.32 Å². The first-order chi connectivity index (χ1) is 8.97. The third kappa shape index (κ3) is 3.19. The number of halogens is 3. The summed E-state index contributed by atoms with van der Waals surface area (Å²) < 4.78 is 26.2. The quantitative estimate of drug-likeness (QED) is 0.841. The second-order valence-electron chi connectivity index (χ2n) is 3.81. The van der Waals surface area contributed by atoms with E-state index in [-0.39, 0.29) is 10.7 Å². The van der Waals surface area contributed by atoms with Crippen molar-refractivity contribution in [2.24, 2.45) is 5.73 Å². The van der Waals surface area contributed by atoms with E-state index in [1.54, 1.807) is 18.2 Å². The Balaban J connectivity index is 2.29. The van der Waals surface area contributed by atoms with Crippen LogP contribution >= 0.6 is 23.8 Å². The van der Waals surface area contributed by atoms with Crippen molar-refractivity contribution in [2.45, 2.75) is 0 Å². The van der Waals surface area contributed by atoms with E-state index in [0.29, 0.717) is 16.3 Å². The van der Waals surface area contributed by atoms with Crippen LogP contribution in [0.1, 0.15) is 5.56 Å². The average Bonchev–Trinajstić information content (AvgIpc) is 2.32. The molecule has 0 aliphatic heterocycles. The first-order valence-corrected chi connectivity index (χ1v) is 6.07. The predicted octanol–water partition coefficient (Wildman–Crippen LogP) is 4.00. The van der Waals surface area contributed by atoms with Crippen LogP contribution in [0.4, 0.5) is 20.2 Å². The minimum absolute atomic E-state index is 0.153. The van der Waals surface area contributed by atoms with Crippen molar-refractivity contribution < 1.29 is 8.78 Å². The molecule has 0 bridgehead atoms. The van der Waals surface area contributed by atoms with Gasteiger partial charge in [-0.2, -0.15) is 0 Å². The molecule has 2 aromatic carbocycles. The number of hydrogen-bond donors (Lipinski definition) is 2. The van der Waals surface area contributed by atoms with E-state index in [4.69, 9.17) is 29.6 Å². The highest BCUT2D eigenvalue weighted by molar-refractivity contribution is 7.80. The Labute approximate surface area is 119 Å². The summed E-state index contributed by atoms with van der Waals surface area (Å²) in [4.78, 5) is 0.185. The number of nitrogens with one attached hydrogen (secondary N) is 1. The zero-order chi connectivity index (χ0) is 14.0. The fourth-order valence-electron chi connectivity index (χ4n) is 1.54. The fraction of sp³-hybridized carbons (Fsp3) is 0. The summed E-state index contributed by atoms with van der Waals surface area (Å²) in [5.41, 5.74) is 6.73. The zero-order valence-corrected chi connectivity index (χ0v) is 11.2. The van der Waals surface area contributed by atoms with Crippen molar-refractivity contribution >= 4 is 40.2 Å². The minimum Gasteiger partial charge on any atom is -0.389 e. The van der Waals surface area contributed by atoms with E-state index in [9.17, 15) is 8.78 Å². The number of thiocarbonyl (C=S) groups is 1. The molecule has 2 rings (SSSR count). The first-order valence-electron chi connectivity index (χ1n) is 5.29. The van der Waals surface area contributed by atoms with Crippen LogP contribution in [0.15, 0.2) is 36.4 Å². The van der Waals surface area contributed by atoms with Gasteiger partial charge in [0, 0.05) is 17.3 Å². The molecule has 0 heterocycles. The SMILES string of the molecule is NC(=S)c1ccc(Nc2ccc(F)cc2F)cc1Cl. The molecule has 0 radical (unpaired) electrons. The molecule has 19 heavy (non-hydrogen) atoms. The lowest BCUT2D eigenvalue weighted by atomic mass is 10.2. The van der Waals surface area contributed by atoms with Gasteiger partial charge in [-0.15, -0.1) is 0 Å². The van der Waals surface area contributed by atoms with Gasteiger partial charge >= 0.3 is 0 Å². The highest BCUT2D eigenvalue weighted by Crippen LogP contribution is 2.25. The second-order valence-corrected chi connectivity index (χ2v) is 4.66. The van der Waals surface area contributed by atoms with E-state index < -0.39 is 11.6 Å². The van der Waals surface area contributed by atoms with E-state index >= 15 is 0 Å². The van der Waals surface area contributed by atoms with Gasteiger partial charge in [0.05, 0.1) is 10.7 Å². The summed E-state index contributed by atoms with van der Waals surface area (Å²) in [6.45, 7) is 0. The van der Waals surface area contributed by atoms with Crippen LogP contribution < -0.4 is 11.1 Å². The van der Waals surface area contributed by atoms with Gasteiger partial charge in [-0.25, -0.2) is 8.78 Å². The van der Waals surface area contributed by atoms with Crippen LogP contribution in [0.2, 0.25) is 5.02 Å². The molecule has 0 aliphatic carbocycles. The molecule has 6 heteroatoms. The molecule has 0 unspecified atom stereocenters. The van der Waals surface area contributed by atoms with Crippen molar-refractivity contribution in [2.75, 3.05) is 5.32 Å². The van der Waals surface area contributed by atoms with Gasteiger partial charge < -0.3 is 11.1 Å². The van der Waals surface area contributed by atoms with E-state index in [1.165, 1.54) is 6.07 Å². The van der Waals surface area contributed by atoms with Gasteiger partial charge in [0.25, 0.3) is 0 Å². The Morgan fingerprint density at radius 2 is 1.89 bits per heavy atom. The molecule has 0 aliphatic rings. The summed E-state index contributed by atoms with van der Waals surface area (Å²) >= 11 is 10.8. The summed E-state index contributed by atoms with van der Waals surface area (Å²) in [5, 5.41) is 3.16. The topological polar surface area (TPSA) is 38.0 Å². The van der Waals surface area contributed by atoms with Gasteiger partial charge in [0.15, 0.2) is 0 Å². The minimum atomic E-state index is -0.686. The number of nitrogens with two attached hydrogens (primary N) is 1. The average molecular weight is 299 g/mol. The maximum absolute atomic E-state index is 13.5. The van der Waals surface area contributed by atoms with Crippen molar-refractivity contribution in [1.29, 1.82) is 0 Å². The smallest absolute Gasteiger partial charge is 0.149 e. The van der Waals surface area contributed by atoms with Crippen LogP contribution in [0.5, 0.6) is 0 Å². The summed E-state index contributed by atoms with van der Waals surface area (Å²) in [6, 6.07) is 8.13. The highest BCUT2D eigenvalue weighted by atomic mass is 35.5. The Hall–Kier alpha value is -1.72. The second kappa shape index (κ2) is 5.50. The summed E-state index contributed by atoms with van der Waals surface area (Å²) in [5.74, 6) is -1.32. The van der Waals surface area contributed by atoms with E-state index in [1.807, 2.05) is 0 Å². The molecular weight excluding hydrogens is 290 g/mol. The van der Waals surface area contributed by atoms with Crippen LogP contribution in [-0.4, -0.2) is 4.99 Å². The normalized spacial score (nSPS) is 10.3. The molecule has 0 amide bonds. The lowest BCUT2D eigenvalue weighted by molar-refractivity contribution is 0.586. The largest absolute Gasteiger partial charge is 0.389 e. The molecule has 0 atom stereocenters. The standard InChI is InChI=1S/C13H9ClF2N2S/c14-10-6-8(2-3-9(10)13(17)19)18-12-4-1-7(15)5-11(12)16/h1-6,18H,(H2,17,19). The van der Waals surface area contributed by atoms with Crippen LogP contribution in [-0.2, 0) is 0 Å². The number of rotatable bonds is 3. The molecule has 2 nitrogen and oxygen atoms in total. The molecule has 0 saturated carbocycles. The van der Waals surface area contributed by atoms with Crippen molar-refractivity contribution in [3.63, 3.8) is 0 Å². The van der Waals surface area contributed by atoms with Crippen LogP contribution in [0.3, 0.4) is 0 Å². The lowest BCUT2D eigenvalue weighted by Gasteiger charge is -2.09. The maximum atomic E-state index is 13.5. The molecule has 0 saturated heterocycles. The van der Waals surface area contributed by atoms with Crippen molar-refractivity contribution in [3.05, 3.63) is 58.6 Å². The summed E-state index contributed by atoms with van der Waals surface area (Å²) in [6.07, 6.45) is 0. The van der Waals surface area contributed by atoms with Crippen molar-refractivity contribution in [3.8, 4) is 0 Å². The van der Waals surface area contributed by atoms with Gasteiger partial charge in [-0.3, -0.25) is 0 Å². The Bertz CT molecular complexity index is 647. The molecule has 2 aromatic rings. The molecular formula is C13H9ClF2N2S. The number of anilines is 2. The number of benzene rings is 2. The highest BCUT2D eigenvalue weighted by Gasteiger charge is 2.07. The third-order valence-corrected chi connectivity index (χ3v) is 2.98. The van der Waals surface area contributed by atoms with Crippen molar-refractivity contribution in [1.82, 2.24) is 0 Å². The van der Waals surface area contributed by atoms with Gasteiger partial charge in [0.2, 0.25) is 0 Å². The monoisotopic (exact) mass is 298 g/mol. The predicted molar refractivity (Wildman–Crippen MR) is 77.0 cm³/mol. The Kier molecular flexibility index (Phi) is 3.97. The van der Waals surface area contributed by atoms with Crippen LogP contribution in [0.25, 0.3) is 0 Å². The summed E-state index contributed by atoms with van der Waals surface area (Å²) in [7, 11) is 0. The van der Waals surface area contributed by atoms with Gasteiger partial charge in [-0.05, 0) is 30.3 Å². The fourth-order valence-corrected chi connectivity index (χ4v) is 2.06. The molecule has 0 fully saturated rings. The Morgan fingerprint density at radius 3 is 2.47 bits per heavy atom. The van der Waals surface area contributed by atoms with E-state index in [0.717, 1.165) is 12.1 Å². The lowest BCUT2D eigenvalue weighted by Crippen LogP contribution is -2.10. The first kappa shape index (κ1) is 13.7. The van der Waals surface area contributed by atoms with Gasteiger partial charge in [-0.1, -0.05) is 23.8 Å². The molecule has 0 spiro atoms. The zero-order valence-electron chi connectivity index (χ0n) is 9.58. The third-order valence-electron chi connectivity index (χ3n) is 2.44. The van der Waals surface area contributed by atoms with Gasteiger partial charge in [0.1, 0.15) is 16.6 Å². The maximum Gasteiger partial charge on any atom is 0.149 e. The number of hydrogen-bond acceptors (Lipinski definition) is 2. The molecule has 98 valence electrons. The molecule has 3 N–H and O–H groups in total. The Morgan fingerprint density at radius 1 is 1.16 bits per heavy atom. The van der Waals surface area contributed by atoms with Crippen LogP contribution in [0, 0.1) is 11.6 Å².